The first-order valence-electron chi connectivity index (χ1n) is 6.13. The molecule has 0 aliphatic heterocycles. The molecule has 2 rings (SSSR count). The monoisotopic (exact) mass is 306 g/mol. The first kappa shape index (κ1) is 15.0. The molecule has 2 heterocycles. The van der Waals surface area contributed by atoms with Gasteiger partial charge >= 0.3 is 5.97 Å². The fourth-order valence-corrected chi connectivity index (χ4v) is 2.61. The van der Waals surface area contributed by atoms with E-state index >= 15 is 0 Å². The van der Waals surface area contributed by atoms with Crippen molar-refractivity contribution in [2.75, 3.05) is 7.05 Å². The molecule has 2 aromatic rings. The number of aliphatic carboxylic acids is 1. The molecule has 0 radical (unpaired) electrons. The van der Waals surface area contributed by atoms with Crippen molar-refractivity contribution in [1.82, 2.24) is 10.1 Å². The lowest BCUT2D eigenvalue weighted by molar-refractivity contribution is -0.131. The molecule has 110 valence electrons. The summed E-state index contributed by atoms with van der Waals surface area (Å²) < 4.78 is 4.88. The third-order valence-electron chi connectivity index (χ3n) is 2.68. The number of amides is 1. The molecule has 0 unspecified atom stereocenters. The normalized spacial score (nSPS) is 11.0. The predicted octanol–water partition coefficient (Wildman–Crippen LogP) is 2.41. The minimum absolute atomic E-state index is 0.220. The van der Waals surface area contributed by atoms with Gasteiger partial charge in [-0.15, -0.1) is 11.3 Å². The van der Waals surface area contributed by atoms with Crippen LogP contribution >= 0.6 is 11.3 Å². The number of carboxylic acid groups (broad SMARTS) is 1. The molecule has 0 aliphatic rings. The van der Waals surface area contributed by atoms with Crippen molar-refractivity contribution < 1.29 is 19.2 Å². The van der Waals surface area contributed by atoms with Gasteiger partial charge in [-0.3, -0.25) is 4.79 Å². The highest BCUT2D eigenvalue weighted by Crippen LogP contribution is 2.18. The Bertz CT molecular complexity index is 687. The molecule has 0 saturated heterocycles. The number of thiophene rings is 1. The molecule has 1 amide bonds. The number of carbonyl (C=O) groups is 2. The zero-order chi connectivity index (χ0) is 15.4. The summed E-state index contributed by atoms with van der Waals surface area (Å²) in [5, 5.41) is 14.1. The second kappa shape index (κ2) is 6.36. The number of nitrogens with zero attached hydrogens (tertiary/aromatic N) is 2. The highest BCUT2D eigenvalue weighted by Gasteiger charge is 2.16. The molecule has 0 spiro atoms. The van der Waals surface area contributed by atoms with Crippen LogP contribution in [0, 0.1) is 6.92 Å². The summed E-state index contributed by atoms with van der Waals surface area (Å²) in [7, 11) is 1.68. The molecule has 0 atom stereocenters. The van der Waals surface area contributed by atoms with Gasteiger partial charge < -0.3 is 14.5 Å². The van der Waals surface area contributed by atoms with Gasteiger partial charge in [-0.2, -0.15) is 0 Å². The van der Waals surface area contributed by atoms with Gasteiger partial charge in [0.05, 0.1) is 6.54 Å². The Kier molecular flexibility index (Phi) is 4.54. The van der Waals surface area contributed by atoms with Crippen LogP contribution in [0.1, 0.15) is 26.7 Å². The SMILES string of the molecule is Cc1cc(C(=O)N(C)Cc2cc(C=CC(=O)O)cs2)no1. The van der Waals surface area contributed by atoms with Crippen LogP contribution < -0.4 is 0 Å². The Labute approximate surface area is 125 Å². The smallest absolute Gasteiger partial charge is 0.328 e. The van der Waals surface area contributed by atoms with Crippen molar-refractivity contribution in [2.24, 2.45) is 0 Å². The molecular formula is C14H14N2O4S. The standard InChI is InChI=1S/C14H14N2O4S/c1-9-5-12(15-20-9)14(19)16(2)7-11-6-10(8-21-11)3-4-13(17)18/h3-6,8H,7H2,1-2H3,(H,17,18). The zero-order valence-electron chi connectivity index (χ0n) is 11.6. The lowest BCUT2D eigenvalue weighted by atomic mass is 10.2. The largest absolute Gasteiger partial charge is 0.478 e. The molecule has 2 aromatic heterocycles. The fourth-order valence-electron chi connectivity index (χ4n) is 1.70. The molecule has 0 aromatic carbocycles. The Hall–Kier alpha value is -2.41. The van der Waals surface area contributed by atoms with Crippen molar-refractivity contribution in [3.63, 3.8) is 0 Å². The molecule has 0 aliphatic carbocycles. The minimum atomic E-state index is -0.989. The van der Waals surface area contributed by atoms with Crippen molar-refractivity contribution in [1.29, 1.82) is 0 Å². The first-order chi connectivity index (χ1) is 9.95. The lowest BCUT2D eigenvalue weighted by Crippen LogP contribution is -2.26. The van der Waals surface area contributed by atoms with Crippen LogP contribution in [-0.4, -0.2) is 34.1 Å². The number of carbonyl (C=O) groups excluding carboxylic acids is 1. The van der Waals surface area contributed by atoms with Crippen LogP contribution in [0.25, 0.3) is 6.08 Å². The number of hydrogen-bond acceptors (Lipinski definition) is 5. The highest BCUT2D eigenvalue weighted by atomic mass is 32.1. The van der Waals surface area contributed by atoms with Crippen LogP contribution in [0.3, 0.4) is 0 Å². The summed E-state index contributed by atoms with van der Waals surface area (Å²) in [6.45, 7) is 2.15. The van der Waals surface area contributed by atoms with Crippen LogP contribution in [0.2, 0.25) is 0 Å². The maximum Gasteiger partial charge on any atom is 0.328 e. The molecule has 21 heavy (non-hydrogen) atoms. The van der Waals surface area contributed by atoms with Crippen LogP contribution in [0.15, 0.2) is 28.1 Å². The molecule has 7 heteroatoms. The third-order valence-corrected chi connectivity index (χ3v) is 3.62. The minimum Gasteiger partial charge on any atom is -0.478 e. The van der Waals surface area contributed by atoms with Crippen molar-refractivity contribution in [2.45, 2.75) is 13.5 Å². The number of rotatable bonds is 5. The van der Waals surface area contributed by atoms with Crippen LogP contribution in [0.4, 0.5) is 0 Å². The number of aryl methyl sites for hydroxylation is 1. The van der Waals surface area contributed by atoms with E-state index in [1.165, 1.54) is 22.3 Å². The van der Waals surface area contributed by atoms with Gasteiger partial charge in [0.25, 0.3) is 5.91 Å². The summed E-state index contributed by atoms with van der Waals surface area (Å²) in [6.07, 6.45) is 2.60. The second-order valence-electron chi connectivity index (χ2n) is 4.50. The maximum absolute atomic E-state index is 12.1. The quantitative estimate of drug-likeness (QED) is 0.858. The molecule has 0 bridgehead atoms. The average molecular weight is 306 g/mol. The Morgan fingerprint density at radius 2 is 2.24 bits per heavy atom. The van der Waals surface area contributed by atoms with Crippen molar-refractivity contribution >= 4 is 29.3 Å². The van der Waals surface area contributed by atoms with Gasteiger partial charge in [0.2, 0.25) is 0 Å². The summed E-state index contributed by atoms with van der Waals surface area (Å²) in [6, 6.07) is 3.44. The summed E-state index contributed by atoms with van der Waals surface area (Å²) >= 11 is 1.47. The van der Waals surface area contributed by atoms with Gasteiger partial charge in [-0.25, -0.2) is 4.79 Å². The molecular weight excluding hydrogens is 292 g/mol. The van der Waals surface area contributed by atoms with Gasteiger partial charge in [0.15, 0.2) is 5.69 Å². The number of hydrogen-bond donors (Lipinski definition) is 1. The first-order valence-corrected chi connectivity index (χ1v) is 7.01. The Balaban J connectivity index is 2.01. The van der Waals surface area contributed by atoms with E-state index in [1.54, 1.807) is 20.0 Å². The van der Waals surface area contributed by atoms with Gasteiger partial charge in [0.1, 0.15) is 5.76 Å². The Morgan fingerprint density at radius 3 is 2.86 bits per heavy atom. The van der Waals surface area contributed by atoms with E-state index in [9.17, 15) is 9.59 Å². The van der Waals surface area contributed by atoms with E-state index in [2.05, 4.69) is 5.16 Å². The van der Waals surface area contributed by atoms with Gasteiger partial charge in [-0.05, 0) is 30.0 Å². The number of aromatic nitrogens is 1. The topological polar surface area (TPSA) is 83.6 Å². The average Bonchev–Trinajstić information content (AvgIpc) is 3.04. The molecule has 1 N–H and O–H groups in total. The molecule has 6 nitrogen and oxygen atoms in total. The maximum atomic E-state index is 12.1. The van der Waals surface area contributed by atoms with E-state index in [0.29, 0.717) is 12.3 Å². The molecule has 0 saturated carbocycles. The summed E-state index contributed by atoms with van der Waals surface area (Å²) in [5.41, 5.74) is 1.08. The van der Waals surface area contributed by atoms with E-state index < -0.39 is 5.97 Å². The highest BCUT2D eigenvalue weighted by molar-refractivity contribution is 7.10. The fraction of sp³-hybridized carbons (Fsp3) is 0.214. The van der Waals surface area contributed by atoms with E-state index in [4.69, 9.17) is 9.63 Å². The van der Waals surface area contributed by atoms with Crippen molar-refractivity contribution in [3.05, 3.63) is 45.5 Å². The lowest BCUT2D eigenvalue weighted by Gasteiger charge is -2.13. The predicted molar refractivity (Wildman–Crippen MR) is 78.0 cm³/mol. The summed E-state index contributed by atoms with van der Waals surface area (Å²) in [5.74, 6) is -0.622. The summed E-state index contributed by atoms with van der Waals surface area (Å²) in [4.78, 5) is 25.0. The van der Waals surface area contributed by atoms with Gasteiger partial charge in [0, 0.05) is 24.1 Å². The van der Waals surface area contributed by atoms with Crippen LogP contribution in [-0.2, 0) is 11.3 Å². The Morgan fingerprint density at radius 1 is 1.48 bits per heavy atom. The van der Waals surface area contributed by atoms with E-state index in [0.717, 1.165) is 16.5 Å². The third kappa shape index (κ3) is 4.03. The molecule has 0 fully saturated rings. The van der Waals surface area contributed by atoms with Gasteiger partial charge in [-0.1, -0.05) is 5.16 Å². The van der Waals surface area contributed by atoms with Crippen molar-refractivity contribution in [3.8, 4) is 0 Å². The number of carboxylic acids is 1. The van der Waals surface area contributed by atoms with E-state index in [1.807, 2.05) is 11.4 Å². The van der Waals surface area contributed by atoms with E-state index in [-0.39, 0.29) is 11.6 Å². The van der Waals surface area contributed by atoms with Crippen LogP contribution in [0.5, 0.6) is 0 Å². The second-order valence-corrected chi connectivity index (χ2v) is 5.50. The zero-order valence-corrected chi connectivity index (χ0v) is 12.4.